The number of nitrogens with one attached hydrogen (secondary N) is 2. The highest BCUT2D eigenvalue weighted by Crippen LogP contribution is 1.95. The first-order valence-electron chi connectivity index (χ1n) is 8.06. The number of aromatic nitrogens is 3. The van der Waals surface area contributed by atoms with Gasteiger partial charge in [-0.05, 0) is 12.3 Å². The van der Waals surface area contributed by atoms with Crippen LogP contribution in [0, 0.1) is 5.92 Å². The first-order valence-corrected chi connectivity index (χ1v) is 8.06. The van der Waals surface area contributed by atoms with Gasteiger partial charge in [0, 0.05) is 32.6 Å². The Morgan fingerprint density at radius 1 is 1.27 bits per heavy atom. The SMILES string of the molecule is CCCCNC(=NCC(C)C)NCCn1cnnc1CC.I. The highest BCUT2D eigenvalue weighted by molar-refractivity contribution is 14.0. The lowest BCUT2D eigenvalue weighted by atomic mass is 10.2. The van der Waals surface area contributed by atoms with Gasteiger partial charge < -0.3 is 15.2 Å². The van der Waals surface area contributed by atoms with Crippen LogP contribution < -0.4 is 10.6 Å². The number of guanidine groups is 1. The number of aryl methyl sites for hydroxylation is 1. The third-order valence-electron chi connectivity index (χ3n) is 3.09. The Kier molecular flexibility index (Phi) is 12.2. The Bertz CT molecular complexity index is 416. The third kappa shape index (κ3) is 8.55. The number of aliphatic imine (C=N–C) groups is 1. The summed E-state index contributed by atoms with van der Waals surface area (Å²) < 4.78 is 2.08. The smallest absolute Gasteiger partial charge is 0.191 e. The zero-order chi connectivity index (χ0) is 15.5. The zero-order valence-electron chi connectivity index (χ0n) is 14.3. The first-order chi connectivity index (χ1) is 10.2. The molecule has 22 heavy (non-hydrogen) atoms. The molecule has 2 N–H and O–H groups in total. The summed E-state index contributed by atoms with van der Waals surface area (Å²) in [5.41, 5.74) is 0. The molecule has 0 aromatic carbocycles. The van der Waals surface area contributed by atoms with Crippen LogP contribution in [0.15, 0.2) is 11.3 Å². The van der Waals surface area contributed by atoms with Crippen LogP contribution in [0.25, 0.3) is 0 Å². The van der Waals surface area contributed by atoms with Crippen LogP contribution in [0.3, 0.4) is 0 Å². The van der Waals surface area contributed by atoms with Crippen LogP contribution in [0.2, 0.25) is 0 Å². The van der Waals surface area contributed by atoms with E-state index in [0.717, 1.165) is 50.8 Å². The van der Waals surface area contributed by atoms with E-state index in [9.17, 15) is 0 Å². The number of rotatable bonds is 9. The van der Waals surface area contributed by atoms with Gasteiger partial charge in [-0.15, -0.1) is 34.2 Å². The van der Waals surface area contributed by atoms with E-state index in [2.05, 4.69) is 58.1 Å². The first kappa shape index (κ1) is 21.1. The lowest BCUT2D eigenvalue weighted by Gasteiger charge is -2.13. The number of unbranched alkanes of at least 4 members (excludes halogenated alkanes) is 1. The molecule has 6 nitrogen and oxygen atoms in total. The zero-order valence-corrected chi connectivity index (χ0v) is 16.6. The van der Waals surface area contributed by atoms with Crippen molar-refractivity contribution in [3.05, 3.63) is 12.2 Å². The van der Waals surface area contributed by atoms with Crippen LogP contribution in [-0.2, 0) is 13.0 Å². The molecule has 0 amide bonds. The van der Waals surface area contributed by atoms with Gasteiger partial charge in [-0.25, -0.2) is 0 Å². The van der Waals surface area contributed by atoms with E-state index in [0.29, 0.717) is 5.92 Å². The highest BCUT2D eigenvalue weighted by atomic mass is 127. The molecular weight excluding hydrogens is 391 g/mol. The summed E-state index contributed by atoms with van der Waals surface area (Å²) in [6.45, 7) is 12.1. The molecular formula is C15H31IN6. The predicted molar refractivity (Wildman–Crippen MR) is 103 cm³/mol. The summed E-state index contributed by atoms with van der Waals surface area (Å²) in [5.74, 6) is 2.50. The minimum atomic E-state index is 0. The maximum Gasteiger partial charge on any atom is 0.191 e. The van der Waals surface area contributed by atoms with Crippen LogP contribution in [0.5, 0.6) is 0 Å². The minimum Gasteiger partial charge on any atom is -0.356 e. The van der Waals surface area contributed by atoms with E-state index in [1.54, 1.807) is 6.33 Å². The Hall–Kier alpha value is -0.860. The molecule has 128 valence electrons. The van der Waals surface area contributed by atoms with Crippen molar-refractivity contribution in [3.63, 3.8) is 0 Å². The van der Waals surface area contributed by atoms with Gasteiger partial charge >= 0.3 is 0 Å². The maximum atomic E-state index is 4.61. The van der Waals surface area contributed by atoms with Gasteiger partial charge in [-0.2, -0.15) is 0 Å². The average Bonchev–Trinajstić information content (AvgIpc) is 2.91. The van der Waals surface area contributed by atoms with Crippen molar-refractivity contribution in [1.29, 1.82) is 0 Å². The normalized spacial score (nSPS) is 11.4. The third-order valence-corrected chi connectivity index (χ3v) is 3.09. The van der Waals surface area contributed by atoms with Crippen molar-refractivity contribution in [2.24, 2.45) is 10.9 Å². The summed E-state index contributed by atoms with van der Waals surface area (Å²) in [4.78, 5) is 4.61. The fraction of sp³-hybridized carbons (Fsp3) is 0.800. The number of hydrogen-bond donors (Lipinski definition) is 2. The van der Waals surface area contributed by atoms with Gasteiger partial charge in [0.1, 0.15) is 12.2 Å². The molecule has 1 rings (SSSR count). The highest BCUT2D eigenvalue weighted by Gasteiger charge is 2.02. The standard InChI is InChI=1S/C15H30N6.HI/c1-5-7-8-16-15(18-11-13(3)4)17-9-10-21-12-19-20-14(21)6-2;/h12-13H,5-11H2,1-4H3,(H2,16,17,18);1H. The second-order valence-corrected chi connectivity index (χ2v) is 5.58. The van der Waals surface area contributed by atoms with Gasteiger partial charge in [0.05, 0.1) is 0 Å². The Morgan fingerprint density at radius 2 is 2.00 bits per heavy atom. The molecule has 1 heterocycles. The summed E-state index contributed by atoms with van der Waals surface area (Å²) in [6, 6.07) is 0. The van der Waals surface area contributed by atoms with E-state index in [-0.39, 0.29) is 24.0 Å². The lowest BCUT2D eigenvalue weighted by molar-refractivity contribution is 0.620. The summed E-state index contributed by atoms with van der Waals surface area (Å²) >= 11 is 0. The van der Waals surface area contributed by atoms with E-state index in [1.165, 1.54) is 6.42 Å². The second-order valence-electron chi connectivity index (χ2n) is 5.58. The van der Waals surface area contributed by atoms with Crippen LogP contribution >= 0.6 is 24.0 Å². The molecule has 1 aromatic rings. The lowest BCUT2D eigenvalue weighted by Crippen LogP contribution is -2.39. The topological polar surface area (TPSA) is 67.1 Å². The van der Waals surface area contributed by atoms with Gasteiger partial charge in [-0.1, -0.05) is 34.1 Å². The molecule has 0 spiro atoms. The van der Waals surface area contributed by atoms with Crippen LogP contribution in [-0.4, -0.2) is 40.4 Å². The summed E-state index contributed by atoms with van der Waals surface area (Å²) in [7, 11) is 0. The molecule has 0 aliphatic heterocycles. The van der Waals surface area contributed by atoms with Gasteiger partial charge in [0.2, 0.25) is 0 Å². The maximum absolute atomic E-state index is 4.61. The minimum absolute atomic E-state index is 0. The molecule has 0 aliphatic rings. The van der Waals surface area contributed by atoms with Crippen molar-refractivity contribution < 1.29 is 0 Å². The van der Waals surface area contributed by atoms with Gasteiger partial charge in [0.25, 0.3) is 0 Å². The number of halogens is 1. The van der Waals surface area contributed by atoms with Crippen molar-refractivity contribution >= 4 is 29.9 Å². The van der Waals surface area contributed by atoms with Crippen molar-refractivity contribution in [3.8, 4) is 0 Å². The van der Waals surface area contributed by atoms with Crippen LogP contribution in [0.4, 0.5) is 0 Å². The molecule has 0 unspecified atom stereocenters. The molecule has 0 radical (unpaired) electrons. The molecule has 0 saturated carbocycles. The molecule has 0 fully saturated rings. The fourth-order valence-electron chi connectivity index (χ4n) is 1.87. The summed E-state index contributed by atoms with van der Waals surface area (Å²) in [5, 5.41) is 14.8. The number of hydrogen-bond acceptors (Lipinski definition) is 3. The van der Waals surface area contributed by atoms with E-state index in [4.69, 9.17) is 0 Å². The molecule has 0 aliphatic carbocycles. The average molecular weight is 422 g/mol. The van der Waals surface area contributed by atoms with E-state index >= 15 is 0 Å². The molecule has 1 aromatic heterocycles. The Labute approximate surface area is 151 Å². The van der Waals surface area contributed by atoms with Gasteiger partial charge in [-0.3, -0.25) is 4.99 Å². The molecule has 0 atom stereocenters. The van der Waals surface area contributed by atoms with E-state index < -0.39 is 0 Å². The summed E-state index contributed by atoms with van der Waals surface area (Å²) in [6.07, 6.45) is 5.04. The van der Waals surface area contributed by atoms with Crippen molar-refractivity contribution in [2.75, 3.05) is 19.6 Å². The Morgan fingerprint density at radius 3 is 2.64 bits per heavy atom. The molecule has 7 heteroatoms. The second kappa shape index (κ2) is 12.7. The monoisotopic (exact) mass is 422 g/mol. The Balaban J connectivity index is 0.00000441. The molecule has 0 saturated heterocycles. The fourth-order valence-corrected chi connectivity index (χ4v) is 1.87. The largest absolute Gasteiger partial charge is 0.356 e. The quantitative estimate of drug-likeness (QED) is 0.278. The molecule has 0 bridgehead atoms. The van der Waals surface area contributed by atoms with Crippen LogP contribution in [0.1, 0.15) is 46.4 Å². The van der Waals surface area contributed by atoms with Crippen molar-refractivity contribution in [2.45, 2.75) is 53.5 Å². The van der Waals surface area contributed by atoms with Gasteiger partial charge in [0.15, 0.2) is 5.96 Å². The van der Waals surface area contributed by atoms with Crippen molar-refractivity contribution in [1.82, 2.24) is 25.4 Å². The number of nitrogens with zero attached hydrogens (tertiary/aromatic N) is 4. The predicted octanol–water partition coefficient (Wildman–Crippen LogP) is 2.45. The van der Waals surface area contributed by atoms with E-state index in [1.807, 2.05) is 0 Å².